The van der Waals surface area contributed by atoms with E-state index in [-0.39, 0.29) is 5.97 Å². The first-order valence-electron chi connectivity index (χ1n) is 7.06. The van der Waals surface area contributed by atoms with Crippen LogP contribution in [0.4, 0.5) is 0 Å². The lowest BCUT2D eigenvalue weighted by atomic mass is 10.1. The minimum atomic E-state index is -0.636. The Kier molecular flexibility index (Phi) is 4.75. The van der Waals surface area contributed by atoms with E-state index < -0.39 is 6.04 Å². The largest absolute Gasteiger partial charge is 0.465 e. The Labute approximate surface area is 124 Å². The van der Waals surface area contributed by atoms with Gasteiger partial charge in [-0.15, -0.1) is 0 Å². The molecule has 2 aromatic rings. The van der Waals surface area contributed by atoms with Crippen molar-refractivity contribution in [3.8, 4) is 5.82 Å². The van der Waals surface area contributed by atoms with Crippen LogP contribution in [0, 0.1) is 13.8 Å². The predicted octanol–water partition coefficient (Wildman–Crippen LogP) is 1.92. The third kappa shape index (κ3) is 3.31. The van der Waals surface area contributed by atoms with Crippen molar-refractivity contribution in [2.75, 3.05) is 6.61 Å². The molecule has 0 saturated heterocycles. The molecule has 0 aliphatic carbocycles. The van der Waals surface area contributed by atoms with Gasteiger partial charge in [0.1, 0.15) is 11.9 Å². The molecule has 1 atom stereocenters. The van der Waals surface area contributed by atoms with Crippen LogP contribution in [0.2, 0.25) is 0 Å². The van der Waals surface area contributed by atoms with Gasteiger partial charge in [-0.2, -0.15) is 0 Å². The van der Waals surface area contributed by atoms with Gasteiger partial charge in [0.15, 0.2) is 0 Å². The van der Waals surface area contributed by atoms with Gasteiger partial charge in [-0.3, -0.25) is 4.79 Å². The van der Waals surface area contributed by atoms with Gasteiger partial charge >= 0.3 is 5.97 Å². The Morgan fingerprint density at radius 1 is 1.43 bits per heavy atom. The van der Waals surface area contributed by atoms with Gasteiger partial charge in [-0.05, 0) is 44.5 Å². The van der Waals surface area contributed by atoms with Crippen molar-refractivity contribution in [1.82, 2.24) is 9.55 Å². The van der Waals surface area contributed by atoms with Crippen molar-refractivity contribution in [2.24, 2.45) is 5.73 Å². The summed E-state index contributed by atoms with van der Waals surface area (Å²) < 4.78 is 7.02. The SMILES string of the molecule is CCOC(=O)C(N)Cc1cc(C)n(-c2ccccn2)c1C. The highest BCUT2D eigenvalue weighted by molar-refractivity contribution is 5.76. The van der Waals surface area contributed by atoms with E-state index in [1.165, 1.54) is 0 Å². The zero-order chi connectivity index (χ0) is 15.4. The van der Waals surface area contributed by atoms with Gasteiger partial charge in [0.05, 0.1) is 6.61 Å². The van der Waals surface area contributed by atoms with Crippen molar-refractivity contribution < 1.29 is 9.53 Å². The van der Waals surface area contributed by atoms with E-state index in [0.29, 0.717) is 13.0 Å². The lowest BCUT2D eigenvalue weighted by molar-refractivity contribution is -0.144. The summed E-state index contributed by atoms with van der Waals surface area (Å²) in [6.45, 7) is 6.15. The van der Waals surface area contributed by atoms with Gasteiger partial charge < -0.3 is 15.0 Å². The number of esters is 1. The molecule has 0 saturated carbocycles. The zero-order valence-corrected chi connectivity index (χ0v) is 12.7. The number of aromatic nitrogens is 2. The van der Waals surface area contributed by atoms with E-state index in [1.807, 2.05) is 38.1 Å². The van der Waals surface area contributed by atoms with Crippen molar-refractivity contribution in [3.05, 3.63) is 47.4 Å². The van der Waals surface area contributed by atoms with Gasteiger partial charge in [0.25, 0.3) is 0 Å². The molecular formula is C16H21N3O2. The third-order valence-electron chi connectivity index (χ3n) is 3.44. The number of rotatable bonds is 5. The standard InChI is InChI=1S/C16H21N3O2/c1-4-21-16(20)14(17)10-13-9-11(2)19(12(13)3)15-7-5-6-8-18-15/h5-9,14H,4,10,17H2,1-3H3. The van der Waals surface area contributed by atoms with E-state index in [4.69, 9.17) is 10.5 Å². The molecule has 0 fully saturated rings. The van der Waals surface area contributed by atoms with Crippen molar-refractivity contribution in [1.29, 1.82) is 0 Å². The topological polar surface area (TPSA) is 70.1 Å². The van der Waals surface area contributed by atoms with Crippen LogP contribution >= 0.6 is 0 Å². The molecule has 2 N–H and O–H groups in total. The highest BCUT2D eigenvalue weighted by Gasteiger charge is 2.19. The van der Waals surface area contributed by atoms with Crippen LogP contribution < -0.4 is 5.73 Å². The van der Waals surface area contributed by atoms with Crippen LogP contribution in [-0.4, -0.2) is 28.2 Å². The molecule has 2 aromatic heterocycles. The molecule has 1 unspecified atom stereocenters. The lowest BCUT2D eigenvalue weighted by Crippen LogP contribution is -2.34. The smallest absolute Gasteiger partial charge is 0.323 e. The molecule has 21 heavy (non-hydrogen) atoms. The van der Waals surface area contributed by atoms with Gasteiger partial charge in [-0.1, -0.05) is 6.07 Å². The van der Waals surface area contributed by atoms with Gasteiger partial charge in [0.2, 0.25) is 0 Å². The fourth-order valence-corrected chi connectivity index (χ4v) is 2.44. The Hall–Kier alpha value is -2.14. The second-order valence-corrected chi connectivity index (χ2v) is 4.98. The van der Waals surface area contributed by atoms with Crippen molar-refractivity contribution >= 4 is 5.97 Å². The molecule has 0 aliphatic heterocycles. The lowest BCUT2D eigenvalue weighted by Gasteiger charge is -2.11. The normalized spacial score (nSPS) is 12.2. The number of ether oxygens (including phenoxy) is 1. The average Bonchev–Trinajstić information content (AvgIpc) is 2.74. The van der Waals surface area contributed by atoms with Crippen LogP contribution in [0.5, 0.6) is 0 Å². The Morgan fingerprint density at radius 3 is 2.81 bits per heavy atom. The van der Waals surface area contributed by atoms with E-state index in [1.54, 1.807) is 13.1 Å². The van der Waals surface area contributed by atoms with Crippen LogP contribution in [0.1, 0.15) is 23.9 Å². The first kappa shape index (κ1) is 15.3. The summed E-state index contributed by atoms with van der Waals surface area (Å²) in [6.07, 6.45) is 2.23. The predicted molar refractivity (Wildman–Crippen MR) is 81.4 cm³/mol. The number of carbonyl (C=O) groups is 1. The highest BCUT2D eigenvalue weighted by Crippen LogP contribution is 2.20. The summed E-state index contributed by atoms with van der Waals surface area (Å²) >= 11 is 0. The summed E-state index contributed by atoms with van der Waals surface area (Å²) in [5, 5.41) is 0. The van der Waals surface area contributed by atoms with E-state index in [2.05, 4.69) is 9.55 Å². The summed E-state index contributed by atoms with van der Waals surface area (Å²) in [6, 6.07) is 7.20. The molecule has 5 heteroatoms. The van der Waals surface area contributed by atoms with Gasteiger partial charge in [0, 0.05) is 24.0 Å². The Bertz CT molecular complexity index is 620. The van der Waals surface area contributed by atoms with E-state index in [0.717, 1.165) is 22.8 Å². The van der Waals surface area contributed by atoms with Crippen LogP contribution in [0.25, 0.3) is 5.82 Å². The molecule has 5 nitrogen and oxygen atoms in total. The van der Waals surface area contributed by atoms with Crippen LogP contribution in [-0.2, 0) is 16.0 Å². The van der Waals surface area contributed by atoms with Crippen LogP contribution in [0.3, 0.4) is 0 Å². The van der Waals surface area contributed by atoms with Crippen LogP contribution in [0.15, 0.2) is 30.5 Å². The monoisotopic (exact) mass is 287 g/mol. The fourth-order valence-electron chi connectivity index (χ4n) is 2.44. The molecule has 0 bridgehead atoms. The number of aryl methyl sites for hydroxylation is 1. The quantitative estimate of drug-likeness (QED) is 0.853. The van der Waals surface area contributed by atoms with Crippen molar-refractivity contribution in [2.45, 2.75) is 33.2 Å². The van der Waals surface area contributed by atoms with Crippen molar-refractivity contribution in [3.63, 3.8) is 0 Å². The maximum absolute atomic E-state index is 11.7. The fraction of sp³-hybridized carbons (Fsp3) is 0.375. The number of pyridine rings is 1. The first-order valence-corrected chi connectivity index (χ1v) is 7.06. The molecule has 0 amide bonds. The Morgan fingerprint density at radius 2 is 2.19 bits per heavy atom. The minimum Gasteiger partial charge on any atom is -0.465 e. The molecule has 2 heterocycles. The highest BCUT2D eigenvalue weighted by atomic mass is 16.5. The number of hydrogen-bond acceptors (Lipinski definition) is 4. The van der Waals surface area contributed by atoms with E-state index >= 15 is 0 Å². The third-order valence-corrected chi connectivity index (χ3v) is 3.44. The summed E-state index contributed by atoms with van der Waals surface area (Å²) in [4.78, 5) is 16.0. The molecular weight excluding hydrogens is 266 g/mol. The summed E-state index contributed by atoms with van der Waals surface area (Å²) in [5.41, 5.74) is 9.06. The zero-order valence-electron chi connectivity index (χ0n) is 12.7. The second-order valence-electron chi connectivity index (χ2n) is 4.98. The summed E-state index contributed by atoms with van der Waals surface area (Å²) in [5.74, 6) is 0.503. The molecule has 0 aromatic carbocycles. The molecule has 0 aliphatic rings. The molecule has 0 spiro atoms. The number of carbonyl (C=O) groups excluding carboxylic acids is 1. The maximum Gasteiger partial charge on any atom is 0.323 e. The Balaban J connectivity index is 2.26. The second kappa shape index (κ2) is 6.54. The first-order chi connectivity index (χ1) is 10.0. The number of nitrogens with zero attached hydrogens (tertiary/aromatic N) is 2. The number of hydrogen-bond donors (Lipinski definition) is 1. The molecule has 0 radical (unpaired) electrons. The maximum atomic E-state index is 11.7. The average molecular weight is 287 g/mol. The van der Waals surface area contributed by atoms with Gasteiger partial charge in [-0.25, -0.2) is 4.98 Å². The molecule has 2 rings (SSSR count). The number of nitrogens with two attached hydrogens (primary N) is 1. The van der Waals surface area contributed by atoms with E-state index in [9.17, 15) is 4.79 Å². The minimum absolute atomic E-state index is 0.347. The summed E-state index contributed by atoms with van der Waals surface area (Å²) in [7, 11) is 0. The molecule has 112 valence electrons.